The third-order valence-electron chi connectivity index (χ3n) is 4.32. The maximum absolute atomic E-state index is 12.3. The molecule has 31 heavy (non-hydrogen) atoms. The van der Waals surface area contributed by atoms with E-state index in [0.717, 1.165) is 23.4 Å². The summed E-state index contributed by atoms with van der Waals surface area (Å²) in [7, 11) is -3.40. The first-order valence-electron chi connectivity index (χ1n) is 10.6. The number of guanidine groups is 1. The molecule has 0 saturated heterocycles. The molecule has 0 radical (unpaired) electrons. The quantitative estimate of drug-likeness (QED) is 0.280. The zero-order valence-electron chi connectivity index (χ0n) is 18.8. The first-order valence-corrected chi connectivity index (χ1v) is 12.2. The van der Waals surface area contributed by atoms with Gasteiger partial charge in [-0.3, -0.25) is 0 Å². The standard InChI is InChI=1S/C23H34N4O3S/c1-5-24-23(25-14-15-30-22-12-10-19(4)11-13-22)26-16-20-8-6-7-9-21(20)17-31(28,29)27-18(2)3/h6-13,18,27H,5,14-17H2,1-4H3,(H2,24,25,26). The molecule has 0 unspecified atom stereocenters. The van der Waals surface area contributed by atoms with Crippen molar-refractivity contribution in [3.8, 4) is 5.75 Å². The van der Waals surface area contributed by atoms with Gasteiger partial charge in [0.15, 0.2) is 5.96 Å². The molecule has 0 aliphatic carbocycles. The Hall–Kier alpha value is -2.58. The molecule has 3 N–H and O–H groups in total. The van der Waals surface area contributed by atoms with Gasteiger partial charge in [0.05, 0.1) is 18.8 Å². The van der Waals surface area contributed by atoms with Crippen molar-refractivity contribution in [2.45, 2.75) is 46.0 Å². The third kappa shape index (κ3) is 9.40. The van der Waals surface area contributed by atoms with Crippen molar-refractivity contribution in [3.05, 3.63) is 65.2 Å². The molecular weight excluding hydrogens is 412 g/mol. The highest BCUT2D eigenvalue weighted by Gasteiger charge is 2.15. The van der Waals surface area contributed by atoms with Gasteiger partial charge in [-0.05, 0) is 51.0 Å². The van der Waals surface area contributed by atoms with Gasteiger partial charge in [-0.15, -0.1) is 0 Å². The normalized spacial score (nSPS) is 12.1. The minimum atomic E-state index is -3.40. The molecule has 0 saturated carbocycles. The fourth-order valence-corrected chi connectivity index (χ4v) is 4.43. The molecule has 0 aliphatic rings. The summed E-state index contributed by atoms with van der Waals surface area (Å²) in [5.41, 5.74) is 2.82. The first-order chi connectivity index (χ1) is 14.8. The van der Waals surface area contributed by atoms with Gasteiger partial charge < -0.3 is 15.4 Å². The minimum absolute atomic E-state index is 0.0643. The van der Waals surface area contributed by atoms with Crippen molar-refractivity contribution >= 4 is 16.0 Å². The summed E-state index contributed by atoms with van der Waals surface area (Å²) in [5, 5.41) is 6.46. The highest BCUT2D eigenvalue weighted by molar-refractivity contribution is 7.88. The molecule has 8 heteroatoms. The van der Waals surface area contributed by atoms with E-state index in [1.807, 2.05) is 76.2 Å². The number of benzene rings is 2. The van der Waals surface area contributed by atoms with E-state index in [2.05, 4.69) is 20.3 Å². The summed E-state index contributed by atoms with van der Waals surface area (Å²) in [4.78, 5) is 4.62. The molecular formula is C23H34N4O3S. The molecule has 170 valence electrons. The molecule has 2 aromatic rings. The minimum Gasteiger partial charge on any atom is -0.492 e. The lowest BCUT2D eigenvalue weighted by Gasteiger charge is -2.14. The molecule has 0 heterocycles. The largest absolute Gasteiger partial charge is 0.492 e. The van der Waals surface area contributed by atoms with E-state index in [0.29, 0.717) is 25.7 Å². The van der Waals surface area contributed by atoms with Crippen molar-refractivity contribution in [3.63, 3.8) is 0 Å². The van der Waals surface area contributed by atoms with Crippen LogP contribution in [0, 0.1) is 6.92 Å². The lowest BCUT2D eigenvalue weighted by molar-refractivity contribution is 0.322. The number of nitrogens with one attached hydrogen (secondary N) is 3. The summed E-state index contributed by atoms with van der Waals surface area (Å²) in [6, 6.07) is 15.3. The van der Waals surface area contributed by atoms with E-state index >= 15 is 0 Å². The summed E-state index contributed by atoms with van der Waals surface area (Å²) < 4.78 is 33.0. The van der Waals surface area contributed by atoms with Crippen molar-refractivity contribution in [1.29, 1.82) is 0 Å². The maximum Gasteiger partial charge on any atom is 0.216 e. The van der Waals surface area contributed by atoms with Crippen LogP contribution in [0.25, 0.3) is 0 Å². The fraction of sp³-hybridized carbons (Fsp3) is 0.435. The number of nitrogens with zero attached hydrogens (tertiary/aromatic N) is 1. The molecule has 0 amide bonds. The smallest absolute Gasteiger partial charge is 0.216 e. The second-order valence-corrected chi connectivity index (χ2v) is 9.34. The molecule has 0 bridgehead atoms. The molecule has 7 nitrogen and oxygen atoms in total. The molecule has 2 aromatic carbocycles. The number of sulfonamides is 1. The Morgan fingerprint density at radius 3 is 2.35 bits per heavy atom. The number of ether oxygens (including phenoxy) is 1. The highest BCUT2D eigenvalue weighted by atomic mass is 32.2. The van der Waals surface area contributed by atoms with E-state index in [9.17, 15) is 8.42 Å². The van der Waals surface area contributed by atoms with Gasteiger partial charge in [-0.1, -0.05) is 42.0 Å². The van der Waals surface area contributed by atoms with Crippen LogP contribution >= 0.6 is 0 Å². The Labute approximate surface area is 186 Å². The van der Waals surface area contributed by atoms with Gasteiger partial charge in [-0.2, -0.15) is 0 Å². The predicted molar refractivity (Wildman–Crippen MR) is 127 cm³/mol. The Kier molecular flexibility index (Phi) is 9.81. The highest BCUT2D eigenvalue weighted by Crippen LogP contribution is 2.14. The number of aryl methyl sites for hydroxylation is 1. The topological polar surface area (TPSA) is 91.8 Å². The van der Waals surface area contributed by atoms with Crippen molar-refractivity contribution < 1.29 is 13.2 Å². The van der Waals surface area contributed by atoms with Crippen LogP contribution in [0.4, 0.5) is 0 Å². The number of aliphatic imine (C=N–C) groups is 1. The molecule has 0 atom stereocenters. The number of rotatable bonds is 11. The molecule has 0 fully saturated rings. The average molecular weight is 447 g/mol. The zero-order valence-corrected chi connectivity index (χ0v) is 19.6. The molecule has 0 aliphatic heterocycles. The SMILES string of the molecule is CCNC(=NCc1ccccc1CS(=O)(=O)NC(C)C)NCCOc1ccc(C)cc1. The van der Waals surface area contributed by atoms with Crippen LogP contribution in [0.15, 0.2) is 53.5 Å². The van der Waals surface area contributed by atoms with Gasteiger partial charge in [0.1, 0.15) is 12.4 Å². The summed E-state index contributed by atoms with van der Waals surface area (Å²) in [5.74, 6) is 1.43. The lowest BCUT2D eigenvalue weighted by atomic mass is 10.1. The monoisotopic (exact) mass is 446 g/mol. The number of hydrogen-bond donors (Lipinski definition) is 3. The van der Waals surface area contributed by atoms with Crippen molar-refractivity contribution in [1.82, 2.24) is 15.4 Å². The lowest BCUT2D eigenvalue weighted by Crippen LogP contribution is -2.39. The summed E-state index contributed by atoms with van der Waals surface area (Å²) in [6.45, 7) is 9.85. The number of hydrogen-bond acceptors (Lipinski definition) is 4. The first kappa shape index (κ1) is 24.7. The van der Waals surface area contributed by atoms with Gasteiger partial charge in [0, 0.05) is 12.6 Å². The van der Waals surface area contributed by atoms with Crippen LogP contribution in [0.5, 0.6) is 5.75 Å². The molecule has 0 aromatic heterocycles. The summed E-state index contributed by atoms with van der Waals surface area (Å²) >= 11 is 0. The van der Waals surface area contributed by atoms with Crippen LogP contribution in [0.1, 0.15) is 37.5 Å². The Morgan fingerprint density at radius 2 is 1.71 bits per heavy atom. The fourth-order valence-electron chi connectivity index (χ4n) is 2.94. The summed E-state index contributed by atoms with van der Waals surface area (Å²) in [6.07, 6.45) is 0. The van der Waals surface area contributed by atoms with E-state index in [4.69, 9.17) is 4.74 Å². The Bertz CT molecular complexity index is 942. The second-order valence-electron chi connectivity index (χ2n) is 7.58. The van der Waals surface area contributed by atoms with Gasteiger partial charge in [0.25, 0.3) is 0 Å². The van der Waals surface area contributed by atoms with E-state index < -0.39 is 10.0 Å². The van der Waals surface area contributed by atoms with Crippen LogP contribution in [0.2, 0.25) is 0 Å². The molecule has 2 rings (SSSR count). The van der Waals surface area contributed by atoms with Crippen LogP contribution in [-0.2, 0) is 22.3 Å². The van der Waals surface area contributed by atoms with Gasteiger partial charge in [-0.25, -0.2) is 18.1 Å². The Morgan fingerprint density at radius 1 is 1.03 bits per heavy atom. The Balaban J connectivity index is 1.96. The van der Waals surface area contributed by atoms with Crippen LogP contribution in [0.3, 0.4) is 0 Å². The van der Waals surface area contributed by atoms with E-state index in [1.54, 1.807) is 0 Å². The average Bonchev–Trinajstić information content (AvgIpc) is 2.70. The maximum atomic E-state index is 12.3. The predicted octanol–water partition coefficient (Wildman–Crippen LogP) is 2.96. The van der Waals surface area contributed by atoms with Gasteiger partial charge in [0.2, 0.25) is 10.0 Å². The van der Waals surface area contributed by atoms with Crippen LogP contribution < -0.4 is 20.1 Å². The van der Waals surface area contributed by atoms with Crippen molar-refractivity contribution in [2.75, 3.05) is 19.7 Å². The zero-order chi connectivity index (χ0) is 22.7. The second kappa shape index (κ2) is 12.3. The van der Waals surface area contributed by atoms with E-state index in [1.165, 1.54) is 5.56 Å². The van der Waals surface area contributed by atoms with E-state index in [-0.39, 0.29) is 11.8 Å². The molecule has 0 spiro atoms. The third-order valence-corrected chi connectivity index (χ3v) is 5.84. The van der Waals surface area contributed by atoms with Gasteiger partial charge >= 0.3 is 0 Å². The van der Waals surface area contributed by atoms with Crippen LogP contribution in [-0.4, -0.2) is 40.1 Å². The van der Waals surface area contributed by atoms with Crippen molar-refractivity contribution in [2.24, 2.45) is 4.99 Å².